The average molecular weight is 273 g/mol. The number of carbonyl (C=O) groups is 1. The molecular weight excluding hydrogens is 258 g/mol. The molecule has 0 bridgehead atoms. The van der Waals surface area contributed by atoms with Crippen LogP contribution in [0.25, 0.3) is 0 Å². The molecule has 0 radical (unpaired) electrons. The zero-order valence-corrected chi connectivity index (χ0v) is 10.5. The molecule has 1 saturated heterocycles. The summed E-state index contributed by atoms with van der Waals surface area (Å²) in [4.78, 5) is 19.5. The van der Waals surface area contributed by atoms with Crippen molar-refractivity contribution in [3.63, 3.8) is 0 Å². The average Bonchev–Trinajstić information content (AvgIpc) is 2.92. The number of nitrogens with zero attached hydrogens (tertiary/aromatic N) is 2. The van der Waals surface area contributed by atoms with E-state index in [2.05, 4.69) is 20.0 Å². The van der Waals surface area contributed by atoms with Crippen molar-refractivity contribution < 1.29 is 13.2 Å². The number of H-pyrrole nitrogens is 1. The van der Waals surface area contributed by atoms with Gasteiger partial charge >= 0.3 is 0 Å². The minimum absolute atomic E-state index is 0.0457. The van der Waals surface area contributed by atoms with Crippen LogP contribution in [-0.2, 0) is 14.8 Å². The molecule has 100 valence electrons. The summed E-state index contributed by atoms with van der Waals surface area (Å²) in [5.74, 6) is -0.223. The lowest BCUT2D eigenvalue weighted by Crippen LogP contribution is -2.49. The number of aromatic amines is 1. The van der Waals surface area contributed by atoms with Crippen LogP contribution in [0.5, 0.6) is 0 Å². The van der Waals surface area contributed by atoms with Gasteiger partial charge in [-0.3, -0.25) is 4.79 Å². The topological polar surface area (TPSA) is 107 Å². The number of imidazole rings is 1. The van der Waals surface area contributed by atoms with Gasteiger partial charge in [-0.2, -0.15) is 0 Å². The van der Waals surface area contributed by atoms with Crippen LogP contribution in [0.2, 0.25) is 0 Å². The fraction of sp³-hybridized carbons (Fsp3) is 0.556. The van der Waals surface area contributed by atoms with E-state index in [0.717, 1.165) is 13.1 Å². The Kier molecular flexibility index (Phi) is 3.94. The van der Waals surface area contributed by atoms with Gasteiger partial charge in [0.1, 0.15) is 0 Å². The van der Waals surface area contributed by atoms with Crippen molar-refractivity contribution in [3.05, 3.63) is 12.5 Å². The molecular formula is C9H15N5O3S. The zero-order chi connectivity index (χ0) is 13.0. The second kappa shape index (κ2) is 5.46. The fourth-order valence-electron chi connectivity index (χ4n) is 1.65. The molecule has 1 aliphatic heterocycles. The number of hydrogen-bond donors (Lipinski definition) is 3. The minimum atomic E-state index is -3.68. The highest BCUT2D eigenvalue weighted by Crippen LogP contribution is 2.01. The fourth-order valence-corrected chi connectivity index (χ4v) is 2.53. The molecule has 1 amide bonds. The van der Waals surface area contributed by atoms with Crippen molar-refractivity contribution in [1.29, 1.82) is 0 Å². The monoisotopic (exact) mass is 273 g/mol. The molecule has 2 rings (SSSR count). The van der Waals surface area contributed by atoms with E-state index in [1.165, 1.54) is 12.5 Å². The van der Waals surface area contributed by atoms with Crippen LogP contribution in [-0.4, -0.2) is 61.9 Å². The van der Waals surface area contributed by atoms with E-state index in [-0.39, 0.29) is 17.5 Å². The Morgan fingerprint density at radius 2 is 2.17 bits per heavy atom. The molecule has 0 aliphatic carbocycles. The van der Waals surface area contributed by atoms with Crippen LogP contribution in [0.15, 0.2) is 17.6 Å². The van der Waals surface area contributed by atoms with Crippen molar-refractivity contribution in [2.24, 2.45) is 0 Å². The standard InChI is InChI=1S/C9H15N5O3S/c15-9(14-3-1-10-2-4-14)6-13-18(16,17)8-5-11-7-12-8/h5,7,10,13H,1-4,6H2,(H,11,12). The number of rotatable bonds is 4. The predicted molar refractivity (Wildman–Crippen MR) is 63.2 cm³/mol. The number of amides is 1. The first-order chi connectivity index (χ1) is 8.59. The number of carbonyl (C=O) groups excluding carboxylic acids is 1. The zero-order valence-electron chi connectivity index (χ0n) is 9.72. The molecule has 0 saturated carbocycles. The Balaban J connectivity index is 1.89. The normalized spacial score (nSPS) is 16.8. The van der Waals surface area contributed by atoms with Gasteiger partial charge in [-0.25, -0.2) is 18.1 Å². The summed E-state index contributed by atoms with van der Waals surface area (Å²) in [5.41, 5.74) is 0. The van der Waals surface area contributed by atoms with Crippen molar-refractivity contribution in [1.82, 2.24) is 24.9 Å². The predicted octanol–water partition coefficient (Wildman–Crippen LogP) is -1.88. The van der Waals surface area contributed by atoms with Crippen LogP contribution >= 0.6 is 0 Å². The van der Waals surface area contributed by atoms with Crippen LogP contribution in [0.1, 0.15) is 0 Å². The Hall–Kier alpha value is -1.45. The number of sulfonamides is 1. The Bertz CT molecular complexity index is 492. The SMILES string of the molecule is O=C(CNS(=O)(=O)c1cnc[nH]1)N1CCNCC1. The molecule has 0 unspecified atom stereocenters. The summed E-state index contributed by atoms with van der Waals surface area (Å²) < 4.78 is 25.7. The molecule has 1 aromatic rings. The largest absolute Gasteiger partial charge is 0.339 e. The second-order valence-corrected chi connectivity index (χ2v) is 5.61. The molecule has 3 N–H and O–H groups in total. The lowest BCUT2D eigenvalue weighted by Gasteiger charge is -2.27. The van der Waals surface area contributed by atoms with Crippen molar-refractivity contribution >= 4 is 15.9 Å². The van der Waals surface area contributed by atoms with Gasteiger partial charge in [-0.15, -0.1) is 0 Å². The molecule has 1 aliphatic rings. The molecule has 0 atom stereocenters. The minimum Gasteiger partial charge on any atom is -0.339 e. The number of aromatic nitrogens is 2. The molecule has 8 nitrogen and oxygen atoms in total. The van der Waals surface area contributed by atoms with E-state index in [1.54, 1.807) is 4.90 Å². The highest BCUT2D eigenvalue weighted by Gasteiger charge is 2.20. The first-order valence-electron chi connectivity index (χ1n) is 5.56. The number of piperazine rings is 1. The Morgan fingerprint density at radius 1 is 1.44 bits per heavy atom. The van der Waals surface area contributed by atoms with Gasteiger partial charge in [0.25, 0.3) is 10.0 Å². The van der Waals surface area contributed by atoms with E-state index >= 15 is 0 Å². The maximum absolute atomic E-state index is 11.8. The lowest BCUT2D eigenvalue weighted by atomic mass is 10.3. The maximum Gasteiger partial charge on any atom is 0.258 e. The van der Waals surface area contributed by atoms with Crippen LogP contribution in [0.4, 0.5) is 0 Å². The van der Waals surface area contributed by atoms with Gasteiger partial charge in [0.15, 0.2) is 5.03 Å². The Labute approximate surface area is 105 Å². The van der Waals surface area contributed by atoms with Crippen molar-refractivity contribution in [2.45, 2.75) is 5.03 Å². The van der Waals surface area contributed by atoms with Gasteiger partial charge in [0, 0.05) is 26.2 Å². The van der Waals surface area contributed by atoms with Gasteiger partial charge in [-0.05, 0) is 0 Å². The van der Waals surface area contributed by atoms with E-state index in [9.17, 15) is 13.2 Å². The summed E-state index contributed by atoms with van der Waals surface area (Å²) in [6.07, 6.45) is 2.46. The van der Waals surface area contributed by atoms with Crippen molar-refractivity contribution in [2.75, 3.05) is 32.7 Å². The van der Waals surface area contributed by atoms with Crippen LogP contribution < -0.4 is 10.0 Å². The first kappa shape index (κ1) is 13.0. The number of nitrogens with one attached hydrogen (secondary N) is 3. The summed E-state index contributed by atoms with van der Waals surface area (Å²) in [6, 6.07) is 0. The van der Waals surface area contributed by atoms with Gasteiger partial charge in [0.2, 0.25) is 5.91 Å². The van der Waals surface area contributed by atoms with Crippen LogP contribution in [0, 0.1) is 0 Å². The molecule has 18 heavy (non-hydrogen) atoms. The van der Waals surface area contributed by atoms with Gasteiger partial charge in [-0.1, -0.05) is 0 Å². The van der Waals surface area contributed by atoms with E-state index in [0.29, 0.717) is 13.1 Å². The molecule has 0 spiro atoms. The summed E-state index contributed by atoms with van der Waals surface area (Å²) >= 11 is 0. The van der Waals surface area contributed by atoms with E-state index < -0.39 is 10.0 Å². The highest BCUT2D eigenvalue weighted by atomic mass is 32.2. The first-order valence-corrected chi connectivity index (χ1v) is 7.04. The highest BCUT2D eigenvalue weighted by molar-refractivity contribution is 7.89. The summed E-state index contributed by atoms with van der Waals surface area (Å²) in [7, 11) is -3.68. The summed E-state index contributed by atoms with van der Waals surface area (Å²) in [6.45, 7) is 2.44. The third-order valence-electron chi connectivity index (χ3n) is 2.65. The van der Waals surface area contributed by atoms with Gasteiger partial charge in [0.05, 0.1) is 19.1 Å². The van der Waals surface area contributed by atoms with Crippen LogP contribution in [0.3, 0.4) is 0 Å². The molecule has 0 aromatic carbocycles. The van der Waals surface area contributed by atoms with Gasteiger partial charge < -0.3 is 15.2 Å². The molecule has 1 fully saturated rings. The quantitative estimate of drug-likeness (QED) is 0.595. The molecule has 9 heteroatoms. The lowest BCUT2D eigenvalue weighted by molar-refractivity contribution is -0.130. The molecule has 1 aromatic heterocycles. The smallest absolute Gasteiger partial charge is 0.258 e. The third kappa shape index (κ3) is 3.06. The molecule has 2 heterocycles. The summed E-state index contributed by atoms with van der Waals surface area (Å²) in [5, 5.41) is 3.07. The van der Waals surface area contributed by atoms with Crippen molar-refractivity contribution in [3.8, 4) is 0 Å². The van der Waals surface area contributed by atoms with E-state index in [1.807, 2.05) is 0 Å². The third-order valence-corrected chi connectivity index (χ3v) is 3.97. The Morgan fingerprint density at radius 3 is 2.78 bits per heavy atom. The second-order valence-electron chi connectivity index (χ2n) is 3.87. The van der Waals surface area contributed by atoms with E-state index in [4.69, 9.17) is 0 Å². The number of hydrogen-bond acceptors (Lipinski definition) is 5. The maximum atomic E-state index is 11.8.